The van der Waals surface area contributed by atoms with E-state index in [-0.39, 0.29) is 17.9 Å². The summed E-state index contributed by atoms with van der Waals surface area (Å²) >= 11 is 0. The molecule has 1 atom stereocenters. The number of hydrogen-bond donors (Lipinski definition) is 1. The van der Waals surface area contributed by atoms with Gasteiger partial charge in [-0.15, -0.1) is 0 Å². The van der Waals surface area contributed by atoms with Crippen molar-refractivity contribution in [2.75, 3.05) is 13.6 Å². The molecule has 1 N–H and O–H groups in total. The molecule has 1 unspecified atom stereocenters. The standard InChI is InChI=1S/C15H19N5O2/c1-3-20-8-6-12(17-20)14(21)16-9-11-10-19-7-4-5-13(19)15(22)18(11)2/h4-8,11H,3,9-10H2,1-2H3,(H,16,21). The van der Waals surface area contributed by atoms with E-state index in [4.69, 9.17) is 0 Å². The zero-order chi connectivity index (χ0) is 15.7. The van der Waals surface area contributed by atoms with E-state index in [1.54, 1.807) is 28.9 Å². The van der Waals surface area contributed by atoms with Crippen molar-refractivity contribution in [3.8, 4) is 0 Å². The van der Waals surface area contributed by atoms with Gasteiger partial charge in [-0.05, 0) is 25.1 Å². The zero-order valence-corrected chi connectivity index (χ0v) is 12.7. The lowest BCUT2D eigenvalue weighted by Crippen LogP contribution is -2.50. The average molecular weight is 301 g/mol. The number of nitrogens with zero attached hydrogens (tertiary/aromatic N) is 4. The number of carbonyl (C=O) groups is 2. The molecule has 2 amide bonds. The molecule has 3 rings (SSSR count). The fraction of sp³-hybridized carbons (Fsp3) is 0.400. The van der Waals surface area contributed by atoms with Crippen LogP contribution in [-0.2, 0) is 13.1 Å². The third-order valence-electron chi connectivity index (χ3n) is 4.02. The van der Waals surface area contributed by atoms with Gasteiger partial charge in [0.05, 0.1) is 6.04 Å². The minimum absolute atomic E-state index is 0.0224. The first-order chi connectivity index (χ1) is 10.6. The quantitative estimate of drug-likeness (QED) is 0.898. The molecule has 0 spiro atoms. The van der Waals surface area contributed by atoms with Gasteiger partial charge in [0.1, 0.15) is 11.4 Å². The van der Waals surface area contributed by atoms with Crippen LogP contribution in [0.15, 0.2) is 30.6 Å². The van der Waals surface area contributed by atoms with Crippen molar-refractivity contribution >= 4 is 11.8 Å². The van der Waals surface area contributed by atoms with Crippen LogP contribution in [0.5, 0.6) is 0 Å². The van der Waals surface area contributed by atoms with Crippen LogP contribution in [-0.4, -0.2) is 50.7 Å². The number of hydrogen-bond acceptors (Lipinski definition) is 3. The predicted octanol–water partition coefficient (Wildman–Crippen LogP) is 0.589. The van der Waals surface area contributed by atoms with Crippen LogP contribution in [0.4, 0.5) is 0 Å². The summed E-state index contributed by atoms with van der Waals surface area (Å²) in [6.45, 7) is 3.77. The minimum Gasteiger partial charge on any atom is -0.349 e. The summed E-state index contributed by atoms with van der Waals surface area (Å²) in [4.78, 5) is 26.0. The van der Waals surface area contributed by atoms with Crippen LogP contribution in [0.1, 0.15) is 27.9 Å². The Hall–Kier alpha value is -2.57. The van der Waals surface area contributed by atoms with Crippen LogP contribution in [0.2, 0.25) is 0 Å². The highest BCUT2D eigenvalue weighted by Gasteiger charge is 2.29. The second-order valence-corrected chi connectivity index (χ2v) is 5.38. The van der Waals surface area contributed by atoms with Gasteiger partial charge in [0.15, 0.2) is 0 Å². The largest absolute Gasteiger partial charge is 0.349 e. The molecule has 0 saturated carbocycles. The number of fused-ring (bicyclic) bond motifs is 1. The van der Waals surface area contributed by atoms with Crippen molar-refractivity contribution in [3.63, 3.8) is 0 Å². The van der Waals surface area contributed by atoms with Crippen LogP contribution >= 0.6 is 0 Å². The first-order valence-electron chi connectivity index (χ1n) is 7.34. The molecule has 0 fully saturated rings. The number of rotatable bonds is 4. The fourth-order valence-electron chi connectivity index (χ4n) is 2.62. The molecule has 116 valence electrons. The molecule has 2 aromatic heterocycles. The van der Waals surface area contributed by atoms with Crippen LogP contribution < -0.4 is 5.32 Å². The number of aromatic nitrogens is 3. The second-order valence-electron chi connectivity index (χ2n) is 5.38. The highest BCUT2D eigenvalue weighted by molar-refractivity contribution is 5.94. The fourth-order valence-corrected chi connectivity index (χ4v) is 2.62. The Morgan fingerprint density at radius 1 is 1.41 bits per heavy atom. The highest BCUT2D eigenvalue weighted by Crippen LogP contribution is 2.16. The SMILES string of the molecule is CCn1ccc(C(=O)NCC2Cn3cccc3C(=O)N2C)n1. The average Bonchev–Trinajstić information content (AvgIpc) is 3.17. The molecule has 22 heavy (non-hydrogen) atoms. The van der Waals surface area contributed by atoms with Gasteiger partial charge in [0.2, 0.25) is 0 Å². The number of nitrogens with one attached hydrogen (secondary N) is 1. The topological polar surface area (TPSA) is 72.2 Å². The van der Waals surface area contributed by atoms with Gasteiger partial charge in [0.25, 0.3) is 11.8 Å². The van der Waals surface area contributed by atoms with E-state index in [9.17, 15) is 9.59 Å². The van der Waals surface area contributed by atoms with E-state index in [0.717, 1.165) is 6.54 Å². The minimum atomic E-state index is -0.216. The number of likely N-dealkylation sites (N-methyl/N-ethyl adjacent to an activating group) is 1. The molecule has 3 heterocycles. The van der Waals surface area contributed by atoms with Gasteiger partial charge in [-0.25, -0.2) is 0 Å². The molecule has 0 aromatic carbocycles. The van der Waals surface area contributed by atoms with Crippen molar-refractivity contribution in [2.45, 2.75) is 26.1 Å². The second kappa shape index (κ2) is 5.67. The van der Waals surface area contributed by atoms with E-state index < -0.39 is 0 Å². The Morgan fingerprint density at radius 3 is 2.95 bits per heavy atom. The van der Waals surface area contributed by atoms with Gasteiger partial charge < -0.3 is 14.8 Å². The van der Waals surface area contributed by atoms with Crippen molar-refractivity contribution in [2.24, 2.45) is 0 Å². The van der Waals surface area contributed by atoms with Crippen LogP contribution in [0.25, 0.3) is 0 Å². The van der Waals surface area contributed by atoms with E-state index in [1.165, 1.54) is 0 Å². The van der Waals surface area contributed by atoms with Crippen molar-refractivity contribution in [1.29, 1.82) is 0 Å². The Morgan fingerprint density at radius 2 is 2.23 bits per heavy atom. The van der Waals surface area contributed by atoms with E-state index in [2.05, 4.69) is 10.4 Å². The molecule has 7 heteroatoms. The first kappa shape index (κ1) is 14.4. The van der Waals surface area contributed by atoms with E-state index in [1.807, 2.05) is 29.8 Å². The van der Waals surface area contributed by atoms with Gasteiger partial charge in [-0.3, -0.25) is 14.3 Å². The normalized spacial score (nSPS) is 17.5. The van der Waals surface area contributed by atoms with E-state index >= 15 is 0 Å². The molecule has 0 radical (unpaired) electrons. The summed E-state index contributed by atoms with van der Waals surface area (Å²) in [7, 11) is 1.77. The van der Waals surface area contributed by atoms with Gasteiger partial charge >= 0.3 is 0 Å². The summed E-state index contributed by atoms with van der Waals surface area (Å²) in [5, 5.41) is 7.03. The summed E-state index contributed by atoms with van der Waals surface area (Å²) in [6, 6.07) is 5.30. The molecular formula is C15H19N5O2. The number of carbonyl (C=O) groups excluding carboxylic acids is 2. The summed E-state index contributed by atoms with van der Waals surface area (Å²) in [5.41, 5.74) is 1.08. The van der Waals surface area contributed by atoms with Crippen molar-refractivity contribution in [3.05, 3.63) is 42.0 Å². The van der Waals surface area contributed by atoms with Crippen LogP contribution in [0, 0.1) is 0 Å². The lowest BCUT2D eigenvalue weighted by atomic mass is 10.1. The third-order valence-corrected chi connectivity index (χ3v) is 4.02. The zero-order valence-electron chi connectivity index (χ0n) is 12.7. The molecule has 7 nitrogen and oxygen atoms in total. The maximum absolute atomic E-state index is 12.2. The van der Waals surface area contributed by atoms with E-state index in [0.29, 0.717) is 24.5 Å². The van der Waals surface area contributed by atoms with Gasteiger partial charge in [0, 0.05) is 39.1 Å². The maximum atomic E-state index is 12.2. The lowest BCUT2D eigenvalue weighted by Gasteiger charge is -2.33. The van der Waals surface area contributed by atoms with Gasteiger partial charge in [-0.1, -0.05) is 0 Å². The van der Waals surface area contributed by atoms with Gasteiger partial charge in [-0.2, -0.15) is 5.10 Å². The highest BCUT2D eigenvalue weighted by atomic mass is 16.2. The molecule has 2 aromatic rings. The summed E-state index contributed by atoms with van der Waals surface area (Å²) in [5.74, 6) is -0.239. The first-order valence-corrected chi connectivity index (χ1v) is 7.34. The third kappa shape index (κ3) is 2.49. The molecule has 0 bridgehead atoms. The Balaban J connectivity index is 1.64. The molecule has 0 saturated heterocycles. The Bertz CT molecular complexity index is 702. The Labute approximate surface area is 128 Å². The lowest BCUT2D eigenvalue weighted by molar-refractivity contribution is 0.0645. The summed E-state index contributed by atoms with van der Waals surface area (Å²) in [6.07, 6.45) is 3.66. The smallest absolute Gasteiger partial charge is 0.271 e. The summed E-state index contributed by atoms with van der Waals surface area (Å²) < 4.78 is 3.63. The van der Waals surface area contributed by atoms with Crippen molar-refractivity contribution < 1.29 is 9.59 Å². The number of aryl methyl sites for hydroxylation is 1. The van der Waals surface area contributed by atoms with Crippen LogP contribution in [0.3, 0.4) is 0 Å². The molecule has 1 aliphatic rings. The number of amides is 2. The predicted molar refractivity (Wildman–Crippen MR) is 80.5 cm³/mol. The van der Waals surface area contributed by atoms with Crippen molar-refractivity contribution in [1.82, 2.24) is 24.6 Å². The molecule has 1 aliphatic heterocycles. The molecular weight excluding hydrogens is 282 g/mol. The maximum Gasteiger partial charge on any atom is 0.271 e. The molecule has 0 aliphatic carbocycles. The Kier molecular flexibility index (Phi) is 3.70. The monoisotopic (exact) mass is 301 g/mol.